The molecule has 0 amide bonds. The van der Waals surface area contributed by atoms with E-state index >= 15 is 0 Å². The van der Waals surface area contributed by atoms with Crippen molar-refractivity contribution in [1.29, 1.82) is 0 Å². The highest BCUT2D eigenvalue weighted by molar-refractivity contribution is 9.10. The SMILES string of the molecule is CCNC(c1ccc(Br)c(Cl)c1F)C1CCC(CC)CC1. The molecule has 0 aromatic heterocycles. The fraction of sp³-hybridized carbons (Fsp3) is 0.647. The van der Waals surface area contributed by atoms with Crippen molar-refractivity contribution in [3.8, 4) is 0 Å². The average Bonchev–Trinajstić information content (AvgIpc) is 2.51. The molecule has 1 fully saturated rings. The van der Waals surface area contributed by atoms with Crippen LogP contribution in [0.5, 0.6) is 0 Å². The Balaban J connectivity index is 2.21. The molecular weight excluding hydrogens is 353 g/mol. The van der Waals surface area contributed by atoms with Gasteiger partial charge in [-0.25, -0.2) is 4.39 Å². The summed E-state index contributed by atoms with van der Waals surface area (Å²) in [6.45, 7) is 5.18. The van der Waals surface area contributed by atoms with Gasteiger partial charge in [0.05, 0.1) is 5.02 Å². The standard InChI is InChI=1S/C17H24BrClFN/c1-3-11-5-7-12(8-6-11)17(21-4-2)13-9-10-14(18)15(19)16(13)20/h9-12,17,21H,3-8H2,1-2H3. The largest absolute Gasteiger partial charge is 0.310 e. The maximum atomic E-state index is 14.5. The van der Waals surface area contributed by atoms with Gasteiger partial charge < -0.3 is 5.32 Å². The lowest BCUT2D eigenvalue weighted by atomic mass is 9.76. The van der Waals surface area contributed by atoms with Gasteiger partial charge in [-0.15, -0.1) is 0 Å². The van der Waals surface area contributed by atoms with Crippen LogP contribution in [0.1, 0.15) is 57.6 Å². The fourth-order valence-corrected chi connectivity index (χ4v) is 3.94. The van der Waals surface area contributed by atoms with Crippen LogP contribution in [0.4, 0.5) is 4.39 Å². The van der Waals surface area contributed by atoms with E-state index in [1.807, 2.05) is 12.1 Å². The van der Waals surface area contributed by atoms with Gasteiger partial charge in [0.15, 0.2) is 0 Å². The Morgan fingerprint density at radius 1 is 1.29 bits per heavy atom. The van der Waals surface area contributed by atoms with Crippen molar-refractivity contribution in [1.82, 2.24) is 5.32 Å². The molecule has 0 heterocycles. The maximum Gasteiger partial charge on any atom is 0.147 e. The highest BCUT2D eigenvalue weighted by Crippen LogP contribution is 2.40. The molecule has 1 aliphatic carbocycles. The molecule has 4 heteroatoms. The second-order valence-electron chi connectivity index (χ2n) is 5.99. The van der Waals surface area contributed by atoms with Gasteiger partial charge in [-0.3, -0.25) is 0 Å². The third-order valence-electron chi connectivity index (χ3n) is 4.76. The molecule has 1 atom stereocenters. The van der Waals surface area contributed by atoms with Crippen molar-refractivity contribution in [3.05, 3.63) is 33.0 Å². The summed E-state index contributed by atoms with van der Waals surface area (Å²) >= 11 is 9.35. The molecule has 118 valence electrons. The van der Waals surface area contributed by atoms with Gasteiger partial charge >= 0.3 is 0 Å². The molecule has 0 bridgehead atoms. The quantitative estimate of drug-likeness (QED) is 0.611. The van der Waals surface area contributed by atoms with Crippen molar-refractivity contribution in [3.63, 3.8) is 0 Å². The monoisotopic (exact) mass is 375 g/mol. The molecule has 2 rings (SSSR count). The number of benzene rings is 1. The summed E-state index contributed by atoms with van der Waals surface area (Å²) in [4.78, 5) is 0. The Morgan fingerprint density at radius 3 is 2.52 bits per heavy atom. The predicted molar refractivity (Wildman–Crippen MR) is 91.3 cm³/mol. The van der Waals surface area contributed by atoms with Crippen molar-refractivity contribution >= 4 is 27.5 Å². The first-order valence-electron chi connectivity index (χ1n) is 7.95. The van der Waals surface area contributed by atoms with E-state index in [2.05, 4.69) is 35.1 Å². The van der Waals surface area contributed by atoms with Gasteiger partial charge in [-0.05, 0) is 53.2 Å². The van der Waals surface area contributed by atoms with Crippen LogP contribution in [0, 0.1) is 17.7 Å². The average molecular weight is 377 g/mol. The Kier molecular flexibility index (Phi) is 6.51. The molecule has 0 spiro atoms. The zero-order chi connectivity index (χ0) is 15.4. The van der Waals surface area contributed by atoms with Gasteiger partial charge in [0.25, 0.3) is 0 Å². The lowest BCUT2D eigenvalue weighted by molar-refractivity contribution is 0.217. The summed E-state index contributed by atoms with van der Waals surface area (Å²) in [5.41, 5.74) is 0.713. The first kappa shape index (κ1) is 17.2. The van der Waals surface area contributed by atoms with Gasteiger partial charge in [0.2, 0.25) is 0 Å². The molecule has 0 radical (unpaired) electrons. The molecule has 0 saturated heterocycles. The summed E-state index contributed by atoms with van der Waals surface area (Å²) in [5, 5.41) is 3.67. The van der Waals surface area contributed by atoms with Crippen molar-refractivity contribution in [2.24, 2.45) is 11.8 Å². The van der Waals surface area contributed by atoms with E-state index in [1.165, 1.54) is 32.1 Å². The number of hydrogen-bond acceptors (Lipinski definition) is 1. The topological polar surface area (TPSA) is 12.0 Å². The second-order valence-corrected chi connectivity index (χ2v) is 7.22. The zero-order valence-electron chi connectivity index (χ0n) is 12.8. The first-order chi connectivity index (χ1) is 10.1. The van der Waals surface area contributed by atoms with Crippen LogP contribution in [0.25, 0.3) is 0 Å². The van der Waals surface area contributed by atoms with E-state index in [-0.39, 0.29) is 16.9 Å². The van der Waals surface area contributed by atoms with Gasteiger partial charge in [-0.2, -0.15) is 0 Å². The minimum atomic E-state index is -0.283. The molecule has 1 nitrogen and oxygen atoms in total. The third-order valence-corrected chi connectivity index (χ3v) is 6.02. The molecule has 0 aliphatic heterocycles. The molecule has 1 saturated carbocycles. The van der Waals surface area contributed by atoms with Crippen LogP contribution < -0.4 is 5.32 Å². The lowest BCUT2D eigenvalue weighted by Crippen LogP contribution is -2.31. The van der Waals surface area contributed by atoms with E-state index < -0.39 is 0 Å². The summed E-state index contributed by atoms with van der Waals surface area (Å²) in [6.07, 6.45) is 6.12. The molecule has 21 heavy (non-hydrogen) atoms. The Labute approximate surface area is 140 Å². The van der Waals surface area contributed by atoms with Crippen molar-refractivity contribution in [2.75, 3.05) is 6.54 Å². The molecule has 1 aromatic carbocycles. The van der Waals surface area contributed by atoms with Crippen LogP contribution >= 0.6 is 27.5 Å². The van der Waals surface area contributed by atoms with Gasteiger partial charge in [0, 0.05) is 16.1 Å². The van der Waals surface area contributed by atoms with E-state index in [0.29, 0.717) is 16.0 Å². The Bertz CT molecular complexity index is 472. The Morgan fingerprint density at radius 2 is 1.95 bits per heavy atom. The van der Waals surface area contributed by atoms with Crippen LogP contribution in [-0.4, -0.2) is 6.54 Å². The molecular formula is C17H24BrClFN. The highest BCUT2D eigenvalue weighted by Gasteiger charge is 2.30. The number of hydrogen-bond donors (Lipinski definition) is 1. The van der Waals surface area contributed by atoms with Gasteiger partial charge in [0.1, 0.15) is 5.82 Å². The van der Waals surface area contributed by atoms with E-state index in [9.17, 15) is 4.39 Å². The number of halogens is 3. The van der Waals surface area contributed by atoms with Crippen LogP contribution in [0.3, 0.4) is 0 Å². The van der Waals surface area contributed by atoms with E-state index in [1.54, 1.807) is 0 Å². The Hall–Kier alpha value is -0.120. The second kappa shape index (κ2) is 7.94. The van der Waals surface area contributed by atoms with Crippen LogP contribution in [0.2, 0.25) is 5.02 Å². The lowest BCUT2D eigenvalue weighted by Gasteiger charge is -2.34. The molecule has 1 unspecified atom stereocenters. The van der Waals surface area contributed by atoms with Crippen molar-refractivity contribution in [2.45, 2.75) is 52.0 Å². The van der Waals surface area contributed by atoms with E-state index in [0.717, 1.165) is 12.5 Å². The third kappa shape index (κ3) is 4.00. The normalized spacial score (nSPS) is 24.0. The smallest absolute Gasteiger partial charge is 0.147 e. The first-order valence-corrected chi connectivity index (χ1v) is 9.12. The summed E-state index contributed by atoms with van der Waals surface area (Å²) < 4.78 is 15.2. The molecule has 1 aliphatic rings. The molecule has 1 N–H and O–H groups in total. The summed E-state index contributed by atoms with van der Waals surface area (Å²) in [6, 6.07) is 3.78. The van der Waals surface area contributed by atoms with Gasteiger partial charge in [-0.1, -0.05) is 50.8 Å². The minimum Gasteiger partial charge on any atom is -0.310 e. The van der Waals surface area contributed by atoms with E-state index in [4.69, 9.17) is 11.6 Å². The van der Waals surface area contributed by atoms with Crippen molar-refractivity contribution < 1.29 is 4.39 Å². The summed E-state index contributed by atoms with van der Waals surface area (Å²) in [7, 11) is 0. The van der Waals surface area contributed by atoms with Crippen LogP contribution in [0.15, 0.2) is 16.6 Å². The maximum absolute atomic E-state index is 14.5. The number of rotatable bonds is 5. The zero-order valence-corrected chi connectivity index (χ0v) is 15.1. The highest BCUT2D eigenvalue weighted by atomic mass is 79.9. The molecule has 1 aromatic rings. The summed E-state index contributed by atoms with van der Waals surface area (Å²) in [5.74, 6) is 1.07. The number of nitrogens with one attached hydrogen (secondary N) is 1. The minimum absolute atomic E-state index is 0.0680. The predicted octanol–water partition coefficient (Wildman–Crippen LogP) is 6.11. The van der Waals surface area contributed by atoms with Crippen LogP contribution in [-0.2, 0) is 0 Å². The fourth-order valence-electron chi connectivity index (χ4n) is 3.46.